The van der Waals surface area contributed by atoms with Crippen molar-refractivity contribution in [3.63, 3.8) is 0 Å². The molecule has 0 radical (unpaired) electrons. The molecule has 0 saturated carbocycles. The summed E-state index contributed by atoms with van der Waals surface area (Å²) in [6.45, 7) is 4.60. The third kappa shape index (κ3) is 6.56. The van der Waals surface area contributed by atoms with Crippen molar-refractivity contribution in [2.75, 3.05) is 0 Å². The molecule has 1 heterocycles. The molecule has 0 aromatic carbocycles. The number of rotatable bonds is 2. The van der Waals surface area contributed by atoms with E-state index in [9.17, 15) is 4.79 Å². The Morgan fingerprint density at radius 1 is 1.64 bits per heavy atom. The second kappa shape index (κ2) is 7.46. The van der Waals surface area contributed by atoms with E-state index in [0.717, 1.165) is 5.03 Å². The van der Waals surface area contributed by atoms with Crippen LogP contribution in [-0.4, -0.2) is 16.1 Å². The topological polar surface area (TPSA) is 50.2 Å². The number of carboxylic acid groups (broad SMARTS) is 1. The largest absolute Gasteiger partial charge is 0.478 e. The third-order valence-electron chi connectivity index (χ3n) is 1.10. The summed E-state index contributed by atoms with van der Waals surface area (Å²) in [5.41, 5.74) is 0.176. The number of thiol groups is 1. The zero-order valence-corrected chi connectivity index (χ0v) is 9.39. The number of nitrogens with zero attached hydrogens (tertiary/aromatic N) is 1. The van der Waals surface area contributed by atoms with Gasteiger partial charge in [0.05, 0.1) is 0 Å². The van der Waals surface area contributed by atoms with E-state index in [2.05, 4.69) is 23.2 Å². The van der Waals surface area contributed by atoms with Crippen molar-refractivity contribution in [2.45, 2.75) is 11.9 Å². The van der Waals surface area contributed by atoms with Crippen molar-refractivity contribution in [1.29, 1.82) is 0 Å². The highest BCUT2D eigenvalue weighted by molar-refractivity contribution is 8.68. The van der Waals surface area contributed by atoms with Gasteiger partial charge in [-0.1, -0.05) is 12.6 Å². The van der Waals surface area contributed by atoms with E-state index in [4.69, 9.17) is 5.11 Å². The van der Waals surface area contributed by atoms with Crippen LogP contribution in [0.25, 0.3) is 0 Å². The lowest BCUT2D eigenvalue weighted by molar-refractivity contribution is -0.132. The Morgan fingerprint density at radius 2 is 2.21 bits per heavy atom. The van der Waals surface area contributed by atoms with Crippen molar-refractivity contribution < 1.29 is 9.90 Å². The van der Waals surface area contributed by atoms with Gasteiger partial charge in [0.2, 0.25) is 0 Å². The summed E-state index contributed by atoms with van der Waals surface area (Å²) in [4.78, 5) is 13.6. The van der Waals surface area contributed by atoms with E-state index in [0.29, 0.717) is 0 Å². The lowest BCUT2D eigenvalue weighted by atomic mass is 10.4. The van der Waals surface area contributed by atoms with Gasteiger partial charge in [0.1, 0.15) is 5.03 Å². The first-order valence-electron chi connectivity index (χ1n) is 3.69. The molecule has 1 aromatic rings. The average Bonchev–Trinajstić information content (AvgIpc) is 2.20. The molecule has 1 N–H and O–H groups in total. The van der Waals surface area contributed by atoms with Gasteiger partial charge < -0.3 is 5.11 Å². The van der Waals surface area contributed by atoms with Gasteiger partial charge in [0.15, 0.2) is 0 Å². The van der Waals surface area contributed by atoms with E-state index in [1.54, 1.807) is 6.20 Å². The van der Waals surface area contributed by atoms with E-state index >= 15 is 0 Å². The SMILES string of the molecule is C=C(C)C(=O)O.SSc1ccccn1. The van der Waals surface area contributed by atoms with Crippen molar-refractivity contribution in [1.82, 2.24) is 4.98 Å². The van der Waals surface area contributed by atoms with Crippen LogP contribution in [0.2, 0.25) is 0 Å². The number of aliphatic carboxylic acids is 1. The highest BCUT2D eigenvalue weighted by Gasteiger charge is 1.90. The quantitative estimate of drug-likeness (QED) is 0.465. The van der Waals surface area contributed by atoms with Gasteiger partial charge in [-0.3, -0.25) is 0 Å². The standard InChI is InChI=1S/C5H5NS2.C4H6O2/c7-8-5-3-1-2-4-6-5;1-3(2)4(5)6/h1-4,7H;1H2,2H3,(H,5,6). The number of hydrogen-bond donors (Lipinski definition) is 2. The minimum Gasteiger partial charge on any atom is -0.478 e. The minimum atomic E-state index is -0.935. The zero-order chi connectivity index (χ0) is 11.0. The zero-order valence-electron chi connectivity index (χ0n) is 7.67. The van der Waals surface area contributed by atoms with E-state index < -0.39 is 5.97 Å². The van der Waals surface area contributed by atoms with Gasteiger partial charge >= 0.3 is 5.97 Å². The normalized spacial score (nSPS) is 8.43. The molecular formula is C9H11NO2S2. The third-order valence-corrected chi connectivity index (χ3v) is 2.09. The molecule has 76 valence electrons. The molecule has 1 rings (SSSR count). The van der Waals surface area contributed by atoms with Gasteiger partial charge in [-0.15, -0.1) is 11.7 Å². The van der Waals surface area contributed by atoms with Crippen molar-refractivity contribution in [2.24, 2.45) is 0 Å². The van der Waals surface area contributed by atoms with Crippen molar-refractivity contribution in [3.05, 3.63) is 36.5 Å². The van der Waals surface area contributed by atoms with Crippen molar-refractivity contribution in [3.8, 4) is 0 Å². The molecule has 14 heavy (non-hydrogen) atoms. The Morgan fingerprint density at radius 3 is 2.43 bits per heavy atom. The first-order valence-corrected chi connectivity index (χ1v) is 5.56. The molecule has 0 fully saturated rings. The maximum Gasteiger partial charge on any atom is 0.330 e. The summed E-state index contributed by atoms with van der Waals surface area (Å²) in [6, 6.07) is 5.73. The Bertz CT molecular complexity index is 289. The summed E-state index contributed by atoms with van der Waals surface area (Å²) in [5, 5.41) is 8.83. The Labute approximate surface area is 92.1 Å². The predicted octanol–water partition coefficient (Wildman–Crippen LogP) is 2.67. The average molecular weight is 229 g/mol. The first kappa shape index (κ1) is 13.1. The summed E-state index contributed by atoms with van der Waals surface area (Å²) in [5.74, 6) is -0.935. The maximum absolute atomic E-state index is 9.60. The summed E-state index contributed by atoms with van der Waals surface area (Å²) >= 11 is 3.96. The van der Waals surface area contributed by atoms with Crippen LogP contribution in [0, 0.1) is 0 Å². The molecule has 0 unspecified atom stereocenters. The van der Waals surface area contributed by atoms with Gasteiger partial charge in [0, 0.05) is 11.8 Å². The number of aromatic nitrogens is 1. The van der Waals surface area contributed by atoms with Crippen LogP contribution in [0.15, 0.2) is 41.6 Å². The highest BCUT2D eigenvalue weighted by atomic mass is 33.1. The van der Waals surface area contributed by atoms with Crippen LogP contribution in [-0.2, 0) is 4.79 Å². The Hall–Kier alpha value is -0.940. The van der Waals surface area contributed by atoms with Gasteiger partial charge in [-0.2, -0.15) is 0 Å². The molecule has 1 aromatic heterocycles. The molecule has 0 spiro atoms. The fourth-order valence-electron chi connectivity index (χ4n) is 0.401. The van der Waals surface area contributed by atoms with Gasteiger partial charge in [-0.25, -0.2) is 9.78 Å². The molecule has 0 amide bonds. The van der Waals surface area contributed by atoms with Gasteiger partial charge in [0.25, 0.3) is 0 Å². The first-order chi connectivity index (χ1) is 6.57. The summed E-state index contributed by atoms with van der Waals surface area (Å²) in [6.07, 6.45) is 1.75. The fraction of sp³-hybridized carbons (Fsp3) is 0.111. The molecular weight excluding hydrogens is 218 g/mol. The van der Waals surface area contributed by atoms with E-state index in [1.807, 2.05) is 18.2 Å². The minimum absolute atomic E-state index is 0.176. The lowest BCUT2D eigenvalue weighted by Gasteiger charge is -1.87. The predicted molar refractivity (Wildman–Crippen MR) is 61.5 cm³/mol. The lowest BCUT2D eigenvalue weighted by Crippen LogP contribution is -1.92. The van der Waals surface area contributed by atoms with Crippen LogP contribution in [0.5, 0.6) is 0 Å². The van der Waals surface area contributed by atoms with Crippen LogP contribution >= 0.6 is 22.5 Å². The Balaban J connectivity index is 0.000000255. The maximum atomic E-state index is 9.60. The molecule has 0 aliphatic heterocycles. The van der Waals surface area contributed by atoms with Crippen LogP contribution in [0.1, 0.15) is 6.92 Å². The number of pyridine rings is 1. The summed E-state index contributed by atoms with van der Waals surface area (Å²) < 4.78 is 0. The molecule has 0 aliphatic carbocycles. The van der Waals surface area contributed by atoms with E-state index in [-0.39, 0.29) is 5.57 Å². The molecule has 0 aliphatic rings. The molecule has 3 nitrogen and oxygen atoms in total. The molecule has 0 saturated heterocycles. The van der Waals surface area contributed by atoms with E-state index in [1.165, 1.54) is 17.7 Å². The second-order valence-corrected chi connectivity index (χ2v) is 3.49. The molecule has 5 heteroatoms. The molecule has 0 atom stereocenters. The van der Waals surface area contributed by atoms with Crippen LogP contribution < -0.4 is 0 Å². The fourth-order valence-corrected chi connectivity index (χ4v) is 0.973. The highest BCUT2D eigenvalue weighted by Crippen LogP contribution is 2.16. The Kier molecular flexibility index (Phi) is 6.96. The smallest absolute Gasteiger partial charge is 0.330 e. The summed E-state index contributed by atoms with van der Waals surface area (Å²) in [7, 11) is 1.35. The number of carbonyl (C=O) groups is 1. The van der Waals surface area contributed by atoms with Crippen LogP contribution in [0.4, 0.5) is 0 Å². The number of carboxylic acids is 1. The van der Waals surface area contributed by atoms with Gasteiger partial charge in [-0.05, 0) is 29.9 Å². The molecule has 0 bridgehead atoms. The monoisotopic (exact) mass is 229 g/mol. The van der Waals surface area contributed by atoms with Crippen LogP contribution in [0.3, 0.4) is 0 Å². The second-order valence-electron chi connectivity index (χ2n) is 2.34. The van der Waals surface area contributed by atoms with Crippen molar-refractivity contribution >= 4 is 28.4 Å². The number of hydrogen-bond acceptors (Lipinski definition) is 4.